The summed E-state index contributed by atoms with van der Waals surface area (Å²) >= 11 is 0. The van der Waals surface area contributed by atoms with Crippen molar-refractivity contribution >= 4 is 23.1 Å². The minimum absolute atomic E-state index is 0.00326. The zero-order valence-corrected chi connectivity index (χ0v) is 18.2. The Labute approximate surface area is 191 Å². The van der Waals surface area contributed by atoms with Gasteiger partial charge in [0.25, 0.3) is 0 Å². The van der Waals surface area contributed by atoms with Gasteiger partial charge in [0.15, 0.2) is 5.82 Å². The molecule has 0 bridgehead atoms. The lowest BCUT2D eigenvalue weighted by atomic mass is 9.86. The molecule has 2 aliphatic heterocycles. The molecule has 7 nitrogen and oxygen atoms in total. The fourth-order valence-corrected chi connectivity index (χ4v) is 4.70. The van der Waals surface area contributed by atoms with Gasteiger partial charge in [0.2, 0.25) is 5.91 Å². The number of carbonyl (C=O) groups excluding carboxylic acids is 1. The van der Waals surface area contributed by atoms with Gasteiger partial charge < -0.3 is 9.80 Å². The van der Waals surface area contributed by atoms with E-state index in [1.807, 2.05) is 36.1 Å². The molecule has 0 N–H and O–H groups in total. The number of benzene rings is 2. The van der Waals surface area contributed by atoms with Crippen LogP contribution in [0.25, 0.3) is 0 Å². The van der Waals surface area contributed by atoms with Crippen LogP contribution in [-0.4, -0.2) is 52.5 Å². The Balaban J connectivity index is 1.41. The monoisotopic (exact) mass is 442 g/mol. The van der Waals surface area contributed by atoms with Crippen LogP contribution in [0, 0.1) is 23.1 Å². The van der Waals surface area contributed by atoms with Crippen molar-refractivity contribution in [2.24, 2.45) is 10.9 Å². The third kappa shape index (κ3) is 3.87. The molecule has 5 rings (SSSR count). The minimum Gasteiger partial charge on any atom is -0.368 e. The van der Waals surface area contributed by atoms with Gasteiger partial charge in [0.05, 0.1) is 23.9 Å². The molecule has 3 aromatic rings. The normalized spacial score (nSPS) is 20.1. The first-order chi connectivity index (χ1) is 16.0. The molecule has 1 aromatic heterocycles. The number of rotatable bonds is 3. The molecule has 8 heteroatoms. The van der Waals surface area contributed by atoms with E-state index >= 15 is 0 Å². The number of hydrogen-bond donors (Lipinski definition) is 0. The maximum Gasteiger partial charge on any atom is 0.234 e. The van der Waals surface area contributed by atoms with E-state index in [1.54, 1.807) is 29.1 Å². The molecule has 166 valence electrons. The number of aliphatic imine (C=N–C) groups is 1. The highest BCUT2D eigenvalue weighted by atomic mass is 19.1. The number of carbonyl (C=O) groups is 1. The number of fused-ring (bicyclic) bond motifs is 1. The summed E-state index contributed by atoms with van der Waals surface area (Å²) in [7, 11) is 0. The first-order valence-corrected chi connectivity index (χ1v) is 10.9. The fourth-order valence-electron chi connectivity index (χ4n) is 4.70. The lowest BCUT2D eigenvalue weighted by Gasteiger charge is -2.40. The quantitative estimate of drug-likeness (QED) is 0.622. The Morgan fingerprint density at radius 2 is 1.85 bits per heavy atom. The average molecular weight is 442 g/mol. The number of piperazine rings is 1. The highest BCUT2D eigenvalue weighted by Gasteiger charge is 2.40. The molecule has 0 saturated carbocycles. The van der Waals surface area contributed by atoms with E-state index in [4.69, 9.17) is 0 Å². The molecule has 2 atom stereocenters. The number of hydrogen-bond acceptors (Lipinski definition) is 5. The van der Waals surface area contributed by atoms with Crippen LogP contribution < -0.4 is 4.90 Å². The molecule has 1 saturated heterocycles. The third-order valence-corrected chi connectivity index (χ3v) is 6.38. The van der Waals surface area contributed by atoms with Gasteiger partial charge in [-0.2, -0.15) is 10.4 Å². The zero-order valence-electron chi connectivity index (χ0n) is 18.2. The second-order valence-electron chi connectivity index (χ2n) is 8.34. The van der Waals surface area contributed by atoms with Gasteiger partial charge in [-0.05, 0) is 48.9 Å². The summed E-state index contributed by atoms with van der Waals surface area (Å²) in [5.74, 6) is -0.0682. The van der Waals surface area contributed by atoms with Crippen molar-refractivity contribution in [1.29, 1.82) is 5.26 Å². The maximum absolute atomic E-state index is 13.8. The first kappa shape index (κ1) is 20.9. The molecule has 2 unspecified atom stereocenters. The Hall–Kier alpha value is -3.99. The van der Waals surface area contributed by atoms with Gasteiger partial charge in [-0.1, -0.05) is 12.1 Å². The van der Waals surface area contributed by atoms with E-state index in [0.29, 0.717) is 37.6 Å². The van der Waals surface area contributed by atoms with Crippen LogP contribution in [0.3, 0.4) is 0 Å². The summed E-state index contributed by atoms with van der Waals surface area (Å²) in [4.78, 5) is 22.5. The summed E-state index contributed by atoms with van der Waals surface area (Å²) in [6.07, 6.45) is 1.68. The second kappa shape index (κ2) is 8.51. The van der Waals surface area contributed by atoms with Crippen LogP contribution in [-0.2, 0) is 4.79 Å². The number of aromatic nitrogens is 2. The van der Waals surface area contributed by atoms with Gasteiger partial charge in [-0.3, -0.25) is 4.79 Å². The van der Waals surface area contributed by atoms with E-state index in [2.05, 4.69) is 21.1 Å². The van der Waals surface area contributed by atoms with Crippen molar-refractivity contribution in [3.8, 4) is 6.07 Å². The van der Waals surface area contributed by atoms with Gasteiger partial charge in [-0.15, -0.1) is 0 Å². The van der Waals surface area contributed by atoms with Crippen LogP contribution in [0.1, 0.15) is 24.1 Å². The number of halogens is 1. The molecule has 0 aliphatic carbocycles. The van der Waals surface area contributed by atoms with Gasteiger partial charge in [0.1, 0.15) is 11.7 Å². The molecule has 33 heavy (non-hydrogen) atoms. The molecule has 1 fully saturated rings. The Kier molecular flexibility index (Phi) is 5.38. The highest BCUT2D eigenvalue weighted by Crippen LogP contribution is 2.37. The van der Waals surface area contributed by atoms with Crippen LogP contribution >= 0.6 is 0 Å². The molecular formula is C25H23FN6O. The second-order valence-corrected chi connectivity index (χ2v) is 8.34. The summed E-state index contributed by atoms with van der Waals surface area (Å²) in [6.45, 7) is 4.35. The highest BCUT2D eigenvalue weighted by molar-refractivity contribution is 6.05. The molecule has 3 heterocycles. The Morgan fingerprint density at radius 3 is 2.58 bits per heavy atom. The topological polar surface area (TPSA) is 77.5 Å². The van der Waals surface area contributed by atoms with E-state index in [1.165, 1.54) is 12.1 Å². The van der Waals surface area contributed by atoms with Crippen LogP contribution in [0.15, 0.2) is 65.8 Å². The summed E-state index contributed by atoms with van der Waals surface area (Å²) < 4.78 is 15.0. The standard InChI is InChI=1S/C25H23FN6O/c1-17-23(25(33)31-13-11-30(12-14-31)21-7-5-20(26)6-8-21)24(32-22(29-17)9-10-28-32)19-4-2-3-18(15-19)16-27/h2-10,15,23-24H,11-14H2,1H3. The largest absolute Gasteiger partial charge is 0.368 e. The zero-order chi connectivity index (χ0) is 22.9. The SMILES string of the molecule is CC1=Nc2ccnn2C(c2cccc(C#N)c2)C1C(=O)N1CCN(c2ccc(F)cc2)CC1. The molecule has 0 spiro atoms. The number of amides is 1. The number of anilines is 1. The van der Waals surface area contributed by atoms with E-state index < -0.39 is 5.92 Å². The lowest BCUT2D eigenvalue weighted by Crippen LogP contribution is -2.53. The van der Waals surface area contributed by atoms with Gasteiger partial charge in [-0.25, -0.2) is 14.1 Å². The molecule has 2 aromatic carbocycles. The Morgan fingerprint density at radius 1 is 1.09 bits per heavy atom. The van der Waals surface area contributed by atoms with Crippen LogP contribution in [0.2, 0.25) is 0 Å². The van der Waals surface area contributed by atoms with Crippen molar-refractivity contribution in [1.82, 2.24) is 14.7 Å². The third-order valence-electron chi connectivity index (χ3n) is 6.38. The Bertz CT molecular complexity index is 1250. The first-order valence-electron chi connectivity index (χ1n) is 10.9. The molecule has 2 aliphatic rings. The minimum atomic E-state index is -0.510. The predicted molar refractivity (Wildman–Crippen MR) is 123 cm³/mol. The average Bonchev–Trinajstić information content (AvgIpc) is 3.31. The van der Waals surface area contributed by atoms with E-state index in [0.717, 1.165) is 17.0 Å². The summed E-state index contributed by atoms with van der Waals surface area (Å²) in [6, 6.07) is 17.4. The van der Waals surface area contributed by atoms with Crippen molar-refractivity contribution in [3.63, 3.8) is 0 Å². The summed E-state index contributed by atoms with van der Waals surface area (Å²) in [5, 5.41) is 13.8. The van der Waals surface area contributed by atoms with E-state index in [-0.39, 0.29) is 17.8 Å². The molecule has 1 amide bonds. The lowest BCUT2D eigenvalue weighted by molar-refractivity contribution is -0.134. The predicted octanol–water partition coefficient (Wildman–Crippen LogP) is 3.55. The molecular weight excluding hydrogens is 419 g/mol. The van der Waals surface area contributed by atoms with Crippen LogP contribution in [0.4, 0.5) is 15.9 Å². The maximum atomic E-state index is 13.8. The van der Waals surface area contributed by atoms with Crippen molar-refractivity contribution in [3.05, 3.63) is 77.7 Å². The molecule has 0 radical (unpaired) electrons. The van der Waals surface area contributed by atoms with Crippen molar-refractivity contribution < 1.29 is 9.18 Å². The van der Waals surface area contributed by atoms with Crippen molar-refractivity contribution in [2.75, 3.05) is 31.1 Å². The number of nitrogens with zero attached hydrogens (tertiary/aromatic N) is 6. The van der Waals surface area contributed by atoms with Gasteiger partial charge in [0, 0.05) is 43.6 Å². The van der Waals surface area contributed by atoms with Crippen LogP contribution in [0.5, 0.6) is 0 Å². The smallest absolute Gasteiger partial charge is 0.234 e. The fraction of sp³-hybridized carbons (Fsp3) is 0.280. The van der Waals surface area contributed by atoms with Gasteiger partial charge >= 0.3 is 0 Å². The number of nitriles is 1. The van der Waals surface area contributed by atoms with Crippen molar-refractivity contribution in [2.45, 2.75) is 13.0 Å². The van der Waals surface area contributed by atoms with E-state index in [9.17, 15) is 14.4 Å². The summed E-state index contributed by atoms with van der Waals surface area (Å²) in [5.41, 5.74) is 3.09.